The fourth-order valence-electron chi connectivity index (χ4n) is 5.94. The Kier molecular flexibility index (Phi) is 9.71. The fraction of sp³-hybridized carbons (Fsp3) is 0.559. The van der Waals surface area contributed by atoms with E-state index in [1.165, 1.54) is 10.5 Å². The van der Waals surface area contributed by atoms with Crippen LogP contribution in [0.15, 0.2) is 42.7 Å². The molecule has 3 amide bonds. The molecule has 0 saturated carbocycles. The van der Waals surface area contributed by atoms with Gasteiger partial charge >= 0.3 is 6.03 Å². The molecule has 0 atom stereocenters. The molecule has 3 fully saturated rings. The number of hydrogen-bond donors (Lipinski definition) is 1. The molecule has 45 heavy (non-hydrogen) atoms. The van der Waals surface area contributed by atoms with E-state index in [1.54, 1.807) is 42.0 Å². The molecule has 0 unspecified atom stereocenters. The van der Waals surface area contributed by atoms with Crippen molar-refractivity contribution in [3.05, 3.63) is 53.9 Å². The van der Waals surface area contributed by atoms with Crippen LogP contribution in [0.5, 0.6) is 11.5 Å². The second-order valence-electron chi connectivity index (χ2n) is 13.5. The van der Waals surface area contributed by atoms with Gasteiger partial charge in [-0.15, -0.1) is 0 Å². The van der Waals surface area contributed by atoms with Gasteiger partial charge in [0.15, 0.2) is 0 Å². The lowest BCUT2D eigenvalue weighted by molar-refractivity contribution is -0.129. The SMILES string of the molecule is CC1(C)CO1.COc1ccc(CN2C(=O)CCN(c3cnn4ccc(CC5CCN(CC(C)(C)O)CC5)cc34)C2=O)c(OC)c1. The standard InChI is InChI=1S/C30H39N5O5.C4H8O/c1-30(2,38)20-32-11-7-21(8-12-32)15-22-9-14-35-25(16-22)26(18-31-35)33-13-10-28(36)34(29(33)37)19-23-5-6-24(39-3)17-27(23)40-4;1-4(2)3-5-4/h5-6,9,14,16-18,21,38H,7-8,10-13,15,19-20H2,1-4H3;3H2,1-2H3. The van der Waals surface area contributed by atoms with Gasteiger partial charge in [-0.25, -0.2) is 9.31 Å². The topological polar surface area (TPSA) is 112 Å². The number of piperidine rings is 1. The molecule has 11 nitrogen and oxygen atoms in total. The minimum absolute atomic E-state index is 0.109. The fourth-order valence-corrected chi connectivity index (χ4v) is 5.94. The summed E-state index contributed by atoms with van der Waals surface area (Å²) < 4.78 is 17.4. The van der Waals surface area contributed by atoms with Crippen LogP contribution in [0.1, 0.15) is 58.1 Å². The number of fused-ring (bicyclic) bond motifs is 1. The molecule has 5 heterocycles. The number of anilines is 1. The lowest BCUT2D eigenvalue weighted by Crippen LogP contribution is -2.52. The smallest absolute Gasteiger partial charge is 0.331 e. The Bertz CT molecular complexity index is 1500. The summed E-state index contributed by atoms with van der Waals surface area (Å²) >= 11 is 0. The number of epoxide rings is 1. The van der Waals surface area contributed by atoms with Gasteiger partial charge in [0.2, 0.25) is 5.91 Å². The number of hydrogen-bond acceptors (Lipinski definition) is 8. The summed E-state index contributed by atoms with van der Waals surface area (Å²) in [5, 5.41) is 14.6. The Morgan fingerprint density at radius 2 is 1.78 bits per heavy atom. The van der Waals surface area contributed by atoms with Crippen molar-refractivity contribution in [2.75, 3.05) is 51.9 Å². The minimum atomic E-state index is -0.678. The van der Waals surface area contributed by atoms with E-state index in [1.807, 2.05) is 26.1 Å². The number of ether oxygens (including phenoxy) is 3. The largest absolute Gasteiger partial charge is 0.497 e. The number of aromatic nitrogens is 2. The molecule has 1 N–H and O–H groups in total. The molecule has 3 aliphatic rings. The van der Waals surface area contributed by atoms with Gasteiger partial charge in [0, 0.05) is 37.3 Å². The number of carbonyl (C=O) groups is 2. The first kappa shape index (κ1) is 32.7. The quantitative estimate of drug-likeness (QED) is 0.347. The maximum Gasteiger partial charge on any atom is 0.331 e. The van der Waals surface area contributed by atoms with Crippen molar-refractivity contribution in [1.29, 1.82) is 0 Å². The molecule has 0 spiro atoms. The third kappa shape index (κ3) is 8.33. The third-order valence-electron chi connectivity index (χ3n) is 8.55. The highest BCUT2D eigenvalue weighted by Crippen LogP contribution is 2.31. The molecule has 0 aliphatic carbocycles. The highest BCUT2D eigenvalue weighted by molar-refractivity contribution is 6.07. The van der Waals surface area contributed by atoms with E-state index in [0.717, 1.165) is 50.0 Å². The van der Waals surface area contributed by atoms with Crippen LogP contribution in [-0.4, -0.2) is 94.7 Å². The Balaban J connectivity index is 0.000000729. The molecule has 3 saturated heterocycles. The minimum Gasteiger partial charge on any atom is -0.497 e. The second kappa shape index (κ2) is 13.4. The summed E-state index contributed by atoms with van der Waals surface area (Å²) in [5.41, 5.74) is 3.05. The first-order valence-corrected chi connectivity index (χ1v) is 15.7. The third-order valence-corrected chi connectivity index (χ3v) is 8.55. The van der Waals surface area contributed by atoms with Crippen molar-refractivity contribution in [2.24, 2.45) is 5.92 Å². The number of likely N-dealkylation sites (tertiary alicyclic amines) is 1. The molecule has 11 heteroatoms. The van der Waals surface area contributed by atoms with Crippen molar-refractivity contribution in [1.82, 2.24) is 19.4 Å². The number of urea groups is 1. The average Bonchev–Trinajstić information content (AvgIpc) is 3.54. The molecule has 244 valence electrons. The summed E-state index contributed by atoms with van der Waals surface area (Å²) in [4.78, 5) is 31.8. The Labute approximate surface area is 265 Å². The molecule has 0 radical (unpaired) electrons. The Morgan fingerprint density at radius 3 is 2.40 bits per heavy atom. The summed E-state index contributed by atoms with van der Waals surface area (Å²) in [6.45, 7) is 11.9. The first-order valence-electron chi connectivity index (χ1n) is 15.7. The average molecular weight is 622 g/mol. The van der Waals surface area contributed by atoms with Gasteiger partial charge in [0.05, 0.1) is 56.0 Å². The van der Waals surface area contributed by atoms with Crippen molar-refractivity contribution in [2.45, 2.75) is 71.1 Å². The number of benzene rings is 1. The van der Waals surface area contributed by atoms with E-state index in [-0.39, 0.29) is 30.5 Å². The number of carbonyl (C=O) groups excluding carboxylic acids is 2. The van der Waals surface area contributed by atoms with Crippen LogP contribution in [0.25, 0.3) is 5.52 Å². The number of amides is 3. The van der Waals surface area contributed by atoms with Crippen LogP contribution in [-0.2, 0) is 22.5 Å². The second-order valence-corrected chi connectivity index (χ2v) is 13.5. The summed E-state index contributed by atoms with van der Waals surface area (Å²) in [6, 6.07) is 9.19. The highest BCUT2D eigenvalue weighted by atomic mass is 16.6. The summed E-state index contributed by atoms with van der Waals surface area (Å²) in [7, 11) is 3.13. The zero-order chi connectivity index (χ0) is 32.4. The molecular weight excluding hydrogens is 574 g/mol. The van der Waals surface area contributed by atoms with Gasteiger partial charge in [-0.1, -0.05) is 0 Å². The molecule has 2 aromatic heterocycles. The van der Waals surface area contributed by atoms with E-state index in [0.29, 0.717) is 36.2 Å². The molecule has 3 aromatic rings. The van der Waals surface area contributed by atoms with Crippen molar-refractivity contribution in [3.8, 4) is 11.5 Å². The highest BCUT2D eigenvalue weighted by Gasteiger charge is 2.35. The van der Waals surface area contributed by atoms with Gasteiger partial charge in [-0.3, -0.25) is 14.6 Å². The molecule has 1 aromatic carbocycles. The number of β-amino-alcohol motifs (C(OH)–C–C–N with tert-alkyl or cyclic N) is 1. The van der Waals surface area contributed by atoms with Gasteiger partial charge < -0.3 is 24.2 Å². The predicted octanol–water partition coefficient (Wildman–Crippen LogP) is 4.53. The van der Waals surface area contributed by atoms with Gasteiger partial charge in [-0.2, -0.15) is 5.10 Å². The number of nitrogens with zero attached hydrogens (tertiary/aromatic N) is 5. The normalized spacial score (nSPS) is 19.0. The number of pyridine rings is 1. The zero-order valence-corrected chi connectivity index (χ0v) is 27.4. The van der Waals surface area contributed by atoms with Crippen LogP contribution in [0.2, 0.25) is 0 Å². The van der Waals surface area contributed by atoms with E-state index in [9.17, 15) is 14.7 Å². The molecule has 6 rings (SSSR count). The molecule has 3 aliphatic heterocycles. The maximum atomic E-state index is 13.6. The van der Waals surface area contributed by atoms with Crippen molar-refractivity contribution < 1.29 is 28.9 Å². The number of aliphatic hydroxyl groups is 1. The van der Waals surface area contributed by atoms with Gasteiger partial charge in [0.25, 0.3) is 0 Å². The van der Waals surface area contributed by atoms with Crippen molar-refractivity contribution in [3.63, 3.8) is 0 Å². The van der Waals surface area contributed by atoms with Crippen LogP contribution < -0.4 is 14.4 Å². The van der Waals surface area contributed by atoms with Crippen molar-refractivity contribution >= 4 is 23.1 Å². The van der Waals surface area contributed by atoms with Crippen LogP contribution >= 0.6 is 0 Å². The summed E-state index contributed by atoms with van der Waals surface area (Å²) in [6.07, 6.45) is 7.00. The van der Waals surface area contributed by atoms with Crippen LogP contribution in [0, 0.1) is 5.92 Å². The monoisotopic (exact) mass is 621 g/mol. The lowest BCUT2D eigenvalue weighted by atomic mass is 9.90. The van der Waals surface area contributed by atoms with E-state index in [2.05, 4.69) is 36.0 Å². The number of methoxy groups -OCH3 is 2. The van der Waals surface area contributed by atoms with E-state index < -0.39 is 5.60 Å². The van der Waals surface area contributed by atoms with Gasteiger partial charge in [0.1, 0.15) is 11.5 Å². The number of rotatable bonds is 9. The van der Waals surface area contributed by atoms with Gasteiger partial charge in [-0.05, 0) is 95.8 Å². The van der Waals surface area contributed by atoms with E-state index >= 15 is 0 Å². The Hall–Kier alpha value is -3.67. The van der Waals surface area contributed by atoms with Crippen LogP contribution in [0.3, 0.4) is 0 Å². The molecular formula is C34H47N5O6. The Morgan fingerprint density at radius 1 is 1.07 bits per heavy atom. The van der Waals surface area contributed by atoms with Crippen LogP contribution in [0.4, 0.5) is 10.5 Å². The zero-order valence-electron chi connectivity index (χ0n) is 27.4. The first-order chi connectivity index (χ1) is 21.4. The maximum absolute atomic E-state index is 13.6. The summed E-state index contributed by atoms with van der Waals surface area (Å²) in [5.74, 6) is 1.55. The number of imide groups is 1. The predicted molar refractivity (Wildman–Crippen MR) is 172 cm³/mol. The lowest BCUT2D eigenvalue weighted by Gasteiger charge is -2.35. The molecule has 0 bridgehead atoms. The van der Waals surface area contributed by atoms with E-state index in [4.69, 9.17) is 14.2 Å².